The van der Waals surface area contributed by atoms with Crippen molar-refractivity contribution in [1.29, 1.82) is 0 Å². The zero-order valence-electron chi connectivity index (χ0n) is 8.40. The first-order chi connectivity index (χ1) is 6.05. The minimum absolute atomic E-state index is 0.0465. The maximum absolute atomic E-state index is 11.2. The van der Waals surface area contributed by atoms with E-state index in [1.807, 2.05) is 13.8 Å². The van der Waals surface area contributed by atoms with Crippen molar-refractivity contribution in [3.05, 3.63) is 0 Å². The van der Waals surface area contributed by atoms with Crippen molar-refractivity contribution in [2.24, 2.45) is 22.4 Å². The van der Waals surface area contributed by atoms with E-state index in [1.165, 1.54) is 14.2 Å². The molecule has 1 aliphatic carbocycles. The van der Waals surface area contributed by atoms with E-state index in [4.69, 9.17) is 0 Å². The van der Waals surface area contributed by atoms with Gasteiger partial charge in [-0.1, -0.05) is 19.0 Å². The topological polar surface area (TPSA) is 47.9 Å². The van der Waals surface area contributed by atoms with Crippen LogP contribution >= 0.6 is 0 Å². The van der Waals surface area contributed by atoms with Gasteiger partial charge in [0.05, 0.1) is 13.0 Å². The average Bonchev–Trinajstić information content (AvgIpc) is 2.63. The summed E-state index contributed by atoms with van der Waals surface area (Å²) in [5, 5.41) is 3.66. The third-order valence-electron chi connectivity index (χ3n) is 2.69. The van der Waals surface area contributed by atoms with Crippen LogP contribution in [-0.4, -0.2) is 26.4 Å². The van der Waals surface area contributed by atoms with Crippen LogP contribution in [0.2, 0.25) is 0 Å². The van der Waals surface area contributed by atoms with Gasteiger partial charge >= 0.3 is 5.97 Å². The molecule has 1 saturated carbocycles. The molecule has 0 heterocycles. The SMILES string of the molecule is CO/N=C/C1C(C(=O)OC)C1(C)C. The molecule has 0 radical (unpaired) electrons. The molecular formula is C9H15NO3. The van der Waals surface area contributed by atoms with Crippen molar-refractivity contribution >= 4 is 12.2 Å². The lowest BCUT2D eigenvalue weighted by Gasteiger charge is -1.98. The van der Waals surface area contributed by atoms with E-state index in [0.717, 1.165) is 0 Å². The van der Waals surface area contributed by atoms with Crippen molar-refractivity contribution in [1.82, 2.24) is 0 Å². The summed E-state index contributed by atoms with van der Waals surface area (Å²) >= 11 is 0. The van der Waals surface area contributed by atoms with Crippen LogP contribution in [0.15, 0.2) is 5.16 Å². The number of hydrogen-bond donors (Lipinski definition) is 0. The minimum Gasteiger partial charge on any atom is -0.469 e. The first kappa shape index (κ1) is 10.0. The number of carbonyl (C=O) groups excluding carboxylic acids is 1. The van der Waals surface area contributed by atoms with Crippen LogP contribution in [0.25, 0.3) is 0 Å². The van der Waals surface area contributed by atoms with E-state index in [9.17, 15) is 4.79 Å². The number of ether oxygens (including phenoxy) is 1. The van der Waals surface area contributed by atoms with Crippen molar-refractivity contribution < 1.29 is 14.4 Å². The monoisotopic (exact) mass is 185 g/mol. The largest absolute Gasteiger partial charge is 0.469 e. The molecule has 0 saturated heterocycles. The quantitative estimate of drug-likeness (QED) is 0.375. The summed E-state index contributed by atoms with van der Waals surface area (Å²) in [5.74, 6) is -0.103. The van der Waals surface area contributed by atoms with Crippen LogP contribution < -0.4 is 0 Å². The fourth-order valence-corrected chi connectivity index (χ4v) is 1.66. The molecule has 2 atom stereocenters. The number of rotatable bonds is 3. The zero-order chi connectivity index (χ0) is 10.1. The van der Waals surface area contributed by atoms with Gasteiger partial charge in [0.15, 0.2) is 0 Å². The molecule has 0 spiro atoms. The lowest BCUT2D eigenvalue weighted by atomic mass is 10.1. The molecule has 4 nitrogen and oxygen atoms in total. The first-order valence-electron chi connectivity index (χ1n) is 4.20. The van der Waals surface area contributed by atoms with E-state index in [1.54, 1.807) is 6.21 Å². The Kier molecular flexibility index (Phi) is 2.59. The normalized spacial score (nSPS) is 30.2. The fraction of sp³-hybridized carbons (Fsp3) is 0.778. The third-order valence-corrected chi connectivity index (χ3v) is 2.69. The van der Waals surface area contributed by atoms with Gasteiger partial charge < -0.3 is 9.57 Å². The van der Waals surface area contributed by atoms with Gasteiger partial charge in [0.2, 0.25) is 0 Å². The molecule has 0 amide bonds. The molecule has 2 unspecified atom stereocenters. The van der Waals surface area contributed by atoms with Gasteiger partial charge in [0, 0.05) is 12.1 Å². The number of methoxy groups -OCH3 is 1. The molecule has 1 rings (SSSR count). The molecule has 1 aliphatic rings. The molecule has 13 heavy (non-hydrogen) atoms. The highest BCUT2D eigenvalue weighted by molar-refractivity contribution is 5.85. The summed E-state index contributed by atoms with van der Waals surface area (Å²) in [5.41, 5.74) is -0.0465. The highest BCUT2D eigenvalue weighted by Crippen LogP contribution is 2.57. The second-order valence-corrected chi connectivity index (χ2v) is 3.79. The Morgan fingerprint density at radius 3 is 2.54 bits per heavy atom. The van der Waals surface area contributed by atoms with Crippen LogP contribution in [0, 0.1) is 17.3 Å². The average molecular weight is 185 g/mol. The Hall–Kier alpha value is -1.06. The fourth-order valence-electron chi connectivity index (χ4n) is 1.66. The van der Waals surface area contributed by atoms with Gasteiger partial charge in [-0.25, -0.2) is 0 Å². The summed E-state index contributed by atoms with van der Waals surface area (Å²) in [6.07, 6.45) is 1.67. The van der Waals surface area contributed by atoms with E-state index in [2.05, 4.69) is 14.7 Å². The molecule has 0 bridgehead atoms. The van der Waals surface area contributed by atoms with Gasteiger partial charge in [-0.3, -0.25) is 4.79 Å². The van der Waals surface area contributed by atoms with Crippen molar-refractivity contribution in [2.75, 3.05) is 14.2 Å². The standard InChI is InChI=1S/C9H15NO3/c1-9(2)6(5-10-13-4)7(9)8(11)12-3/h5-7H,1-4H3/b10-5+. The second-order valence-electron chi connectivity index (χ2n) is 3.79. The Morgan fingerprint density at radius 2 is 2.08 bits per heavy atom. The van der Waals surface area contributed by atoms with Gasteiger partial charge in [0.25, 0.3) is 0 Å². The Labute approximate surface area is 77.9 Å². The molecule has 74 valence electrons. The smallest absolute Gasteiger partial charge is 0.309 e. The van der Waals surface area contributed by atoms with Gasteiger partial charge in [0.1, 0.15) is 7.11 Å². The Morgan fingerprint density at radius 1 is 1.46 bits per heavy atom. The van der Waals surface area contributed by atoms with Crippen LogP contribution in [0.5, 0.6) is 0 Å². The van der Waals surface area contributed by atoms with Crippen molar-refractivity contribution in [3.8, 4) is 0 Å². The Balaban J connectivity index is 2.60. The summed E-state index contributed by atoms with van der Waals surface area (Å²) in [6.45, 7) is 4.03. The molecule has 0 aromatic carbocycles. The minimum atomic E-state index is -0.169. The highest BCUT2D eigenvalue weighted by Gasteiger charge is 2.62. The van der Waals surface area contributed by atoms with Crippen LogP contribution in [0.3, 0.4) is 0 Å². The molecule has 0 aromatic heterocycles. The summed E-state index contributed by atoms with van der Waals surface area (Å²) in [6, 6.07) is 0. The number of nitrogens with zero attached hydrogens (tertiary/aromatic N) is 1. The van der Waals surface area contributed by atoms with E-state index in [0.29, 0.717) is 0 Å². The second kappa shape index (κ2) is 3.36. The third kappa shape index (κ3) is 1.66. The van der Waals surface area contributed by atoms with Crippen LogP contribution in [0.4, 0.5) is 0 Å². The summed E-state index contributed by atoms with van der Waals surface area (Å²) in [7, 11) is 2.89. The maximum atomic E-state index is 11.2. The predicted molar refractivity (Wildman–Crippen MR) is 48.3 cm³/mol. The lowest BCUT2D eigenvalue weighted by Crippen LogP contribution is -2.07. The summed E-state index contributed by atoms with van der Waals surface area (Å²) in [4.78, 5) is 15.8. The highest BCUT2D eigenvalue weighted by atomic mass is 16.6. The van der Waals surface area contributed by atoms with Gasteiger partial charge in [-0.2, -0.15) is 0 Å². The van der Waals surface area contributed by atoms with Crippen molar-refractivity contribution in [2.45, 2.75) is 13.8 Å². The maximum Gasteiger partial charge on any atom is 0.309 e. The lowest BCUT2D eigenvalue weighted by molar-refractivity contribution is -0.143. The Bertz CT molecular complexity index is 235. The zero-order valence-corrected chi connectivity index (χ0v) is 8.40. The molecule has 0 aliphatic heterocycles. The molecule has 4 heteroatoms. The van der Waals surface area contributed by atoms with Crippen LogP contribution in [-0.2, 0) is 14.4 Å². The van der Waals surface area contributed by atoms with Gasteiger partial charge in [-0.15, -0.1) is 0 Å². The number of esters is 1. The summed E-state index contributed by atoms with van der Waals surface area (Å²) < 4.78 is 4.68. The van der Waals surface area contributed by atoms with E-state index < -0.39 is 0 Å². The number of hydrogen-bond acceptors (Lipinski definition) is 4. The van der Waals surface area contributed by atoms with Crippen LogP contribution in [0.1, 0.15) is 13.8 Å². The first-order valence-corrected chi connectivity index (χ1v) is 4.20. The van der Waals surface area contributed by atoms with Crippen molar-refractivity contribution in [3.63, 3.8) is 0 Å². The molecular weight excluding hydrogens is 170 g/mol. The molecule has 0 N–H and O–H groups in total. The van der Waals surface area contributed by atoms with E-state index in [-0.39, 0.29) is 23.2 Å². The molecule has 0 aromatic rings. The molecule has 1 fully saturated rings. The number of carbonyl (C=O) groups is 1. The predicted octanol–water partition coefficient (Wildman–Crippen LogP) is 1.06. The van der Waals surface area contributed by atoms with Gasteiger partial charge in [-0.05, 0) is 5.41 Å². The number of oxime groups is 1. The van der Waals surface area contributed by atoms with E-state index >= 15 is 0 Å².